The molecule has 0 atom stereocenters. The zero-order chi connectivity index (χ0) is 13.7. The molecule has 0 bridgehead atoms. The second-order valence-electron chi connectivity index (χ2n) is 4.12. The van der Waals surface area contributed by atoms with Gasteiger partial charge in [-0.3, -0.25) is 4.79 Å². The fourth-order valence-corrected chi connectivity index (χ4v) is 1.37. The van der Waals surface area contributed by atoms with E-state index in [4.69, 9.17) is 5.11 Å². The van der Waals surface area contributed by atoms with E-state index in [1.807, 2.05) is 0 Å². The Kier molecular flexibility index (Phi) is 5.03. The summed E-state index contributed by atoms with van der Waals surface area (Å²) >= 11 is 0. The highest BCUT2D eigenvalue weighted by Crippen LogP contribution is 2.21. The van der Waals surface area contributed by atoms with Crippen molar-refractivity contribution in [2.45, 2.75) is 13.0 Å². The average molecular weight is 258 g/mol. The molecule has 0 aliphatic carbocycles. The summed E-state index contributed by atoms with van der Waals surface area (Å²) in [5.74, 6) is -2.97. The van der Waals surface area contributed by atoms with Gasteiger partial charge in [-0.15, -0.1) is 0 Å². The van der Waals surface area contributed by atoms with E-state index in [1.165, 1.54) is 4.90 Å². The molecule has 0 aliphatic heterocycles. The van der Waals surface area contributed by atoms with Crippen molar-refractivity contribution in [1.29, 1.82) is 0 Å². The molecule has 0 aromatic heterocycles. The van der Waals surface area contributed by atoms with Gasteiger partial charge in [0.2, 0.25) is 5.91 Å². The molecule has 1 aromatic rings. The zero-order valence-electron chi connectivity index (χ0n) is 10.3. The number of carbonyl (C=O) groups is 1. The molecule has 0 aliphatic rings. The Balaban J connectivity index is 2.43. The maximum absolute atomic E-state index is 13.0. The molecule has 0 saturated heterocycles. The lowest BCUT2D eigenvalue weighted by Gasteiger charge is -2.10. The van der Waals surface area contributed by atoms with Crippen molar-refractivity contribution in [3.05, 3.63) is 29.3 Å². The molecule has 0 saturated carbocycles. The van der Waals surface area contributed by atoms with Crippen LogP contribution in [0.2, 0.25) is 0 Å². The number of halogens is 2. The van der Waals surface area contributed by atoms with Gasteiger partial charge in [-0.25, -0.2) is 8.78 Å². The molecular formula is C12H16F2N2O2. The lowest BCUT2D eigenvalue weighted by molar-refractivity contribution is -0.128. The number of amides is 1. The van der Waals surface area contributed by atoms with Crippen LogP contribution in [0.25, 0.3) is 0 Å². The SMILES string of the molecule is CN(C)C(=O)CCNCc1cc(F)c(O)c(F)c1. The lowest BCUT2D eigenvalue weighted by atomic mass is 10.2. The molecule has 0 heterocycles. The zero-order valence-corrected chi connectivity index (χ0v) is 10.3. The molecule has 1 amide bonds. The van der Waals surface area contributed by atoms with Crippen molar-refractivity contribution in [2.24, 2.45) is 0 Å². The number of phenols is 1. The topological polar surface area (TPSA) is 52.6 Å². The summed E-state index contributed by atoms with van der Waals surface area (Å²) in [5.41, 5.74) is 0.375. The number of hydrogen-bond acceptors (Lipinski definition) is 3. The van der Waals surface area contributed by atoms with Crippen LogP contribution in [0.5, 0.6) is 5.75 Å². The fourth-order valence-electron chi connectivity index (χ4n) is 1.37. The van der Waals surface area contributed by atoms with Gasteiger partial charge < -0.3 is 15.3 Å². The van der Waals surface area contributed by atoms with Crippen molar-refractivity contribution in [2.75, 3.05) is 20.6 Å². The predicted molar refractivity (Wildman–Crippen MR) is 63.0 cm³/mol. The summed E-state index contributed by atoms with van der Waals surface area (Å²) in [6, 6.07) is 2.11. The summed E-state index contributed by atoms with van der Waals surface area (Å²) in [5, 5.41) is 11.8. The summed E-state index contributed by atoms with van der Waals surface area (Å²) in [4.78, 5) is 12.7. The minimum Gasteiger partial charge on any atom is -0.503 e. The first kappa shape index (κ1) is 14.4. The predicted octanol–water partition coefficient (Wildman–Crippen LogP) is 1.24. The maximum atomic E-state index is 13.0. The van der Waals surface area contributed by atoms with Crippen LogP contribution >= 0.6 is 0 Å². The van der Waals surface area contributed by atoms with Gasteiger partial charge in [0, 0.05) is 33.6 Å². The van der Waals surface area contributed by atoms with Crippen LogP contribution in [0.4, 0.5) is 8.78 Å². The minimum atomic E-state index is -0.990. The summed E-state index contributed by atoms with van der Waals surface area (Å²) in [6.45, 7) is 0.649. The second kappa shape index (κ2) is 6.30. The van der Waals surface area contributed by atoms with Crippen LogP contribution in [-0.2, 0) is 11.3 Å². The largest absolute Gasteiger partial charge is 0.503 e. The first-order valence-electron chi connectivity index (χ1n) is 5.49. The van der Waals surface area contributed by atoms with Gasteiger partial charge in [-0.1, -0.05) is 0 Å². The van der Waals surface area contributed by atoms with Crippen LogP contribution < -0.4 is 5.32 Å². The molecule has 0 fully saturated rings. The van der Waals surface area contributed by atoms with Crippen molar-refractivity contribution >= 4 is 5.91 Å². The number of aromatic hydroxyl groups is 1. The third kappa shape index (κ3) is 3.96. The summed E-state index contributed by atoms with van der Waals surface area (Å²) in [6.07, 6.45) is 0.316. The number of carbonyl (C=O) groups excluding carboxylic acids is 1. The van der Waals surface area contributed by atoms with Gasteiger partial charge in [-0.2, -0.15) is 0 Å². The average Bonchev–Trinajstić information content (AvgIpc) is 2.31. The number of benzene rings is 1. The number of phenolic OH excluding ortho intramolecular Hbond substituents is 1. The fraction of sp³-hybridized carbons (Fsp3) is 0.417. The van der Waals surface area contributed by atoms with E-state index in [0.717, 1.165) is 12.1 Å². The highest BCUT2D eigenvalue weighted by Gasteiger charge is 2.09. The van der Waals surface area contributed by atoms with Gasteiger partial charge in [0.05, 0.1) is 0 Å². The number of rotatable bonds is 5. The van der Waals surface area contributed by atoms with Gasteiger partial charge in [0.1, 0.15) is 0 Å². The molecule has 0 spiro atoms. The highest BCUT2D eigenvalue weighted by molar-refractivity contribution is 5.75. The van der Waals surface area contributed by atoms with E-state index in [-0.39, 0.29) is 12.5 Å². The van der Waals surface area contributed by atoms with Crippen molar-refractivity contribution < 1.29 is 18.7 Å². The smallest absolute Gasteiger partial charge is 0.223 e. The van der Waals surface area contributed by atoms with E-state index >= 15 is 0 Å². The second-order valence-corrected chi connectivity index (χ2v) is 4.12. The standard InChI is InChI=1S/C12H16F2N2O2/c1-16(2)11(17)3-4-15-7-8-5-9(13)12(18)10(14)6-8/h5-6,15,18H,3-4,7H2,1-2H3. The van der Waals surface area contributed by atoms with Gasteiger partial charge in [0.15, 0.2) is 17.4 Å². The number of hydrogen-bond donors (Lipinski definition) is 2. The normalized spacial score (nSPS) is 10.4. The third-order valence-corrected chi connectivity index (χ3v) is 2.42. The molecule has 0 unspecified atom stereocenters. The Morgan fingerprint density at radius 2 is 1.89 bits per heavy atom. The monoisotopic (exact) mass is 258 g/mol. The summed E-state index contributed by atoms with van der Waals surface area (Å²) < 4.78 is 26.0. The van der Waals surface area contributed by atoms with Gasteiger partial charge in [0.25, 0.3) is 0 Å². The minimum absolute atomic E-state index is 0.0226. The molecule has 4 nitrogen and oxygen atoms in total. The Morgan fingerprint density at radius 3 is 2.39 bits per heavy atom. The Bertz CT molecular complexity index is 413. The summed E-state index contributed by atoms with van der Waals surface area (Å²) in [7, 11) is 3.32. The Labute approximate surface area is 104 Å². The van der Waals surface area contributed by atoms with Crippen LogP contribution in [0.1, 0.15) is 12.0 Å². The Morgan fingerprint density at radius 1 is 1.33 bits per heavy atom. The van der Waals surface area contributed by atoms with E-state index in [2.05, 4.69) is 5.32 Å². The van der Waals surface area contributed by atoms with E-state index in [0.29, 0.717) is 18.5 Å². The molecule has 100 valence electrons. The van der Waals surface area contributed by atoms with Crippen LogP contribution in [0, 0.1) is 11.6 Å². The van der Waals surface area contributed by atoms with E-state index < -0.39 is 17.4 Å². The van der Waals surface area contributed by atoms with Crippen molar-refractivity contribution in [3.63, 3.8) is 0 Å². The number of nitrogens with one attached hydrogen (secondary N) is 1. The van der Waals surface area contributed by atoms with Gasteiger partial charge >= 0.3 is 0 Å². The van der Waals surface area contributed by atoms with Crippen LogP contribution in [0.15, 0.2) is 12.1 Å². The van der Waals surface area contributed by atoms with Crippen molar-refractivity contribution in [1.82, 2.24) is 10.2 Å². The van der Waals surface area contributed by atoms with Gasteiger partial charge in [-0.05, 0) is 17.7 Å². The van der Waals surface area contributed by atoms with Crippen LogP contribution in [-0.4, -0.2) is 36.6 Å². The molecule has 6 heteroatoms. The quantitative estimate of drug-likeness (QED) is 0.781. The first-order valence-corrected chi connectivity index (χ1v) is 5.49. The molecular weight excluding hydrogens is 242 g/mol. The first-order chi connectivity index (χ1) is 8.41. The molecule has 1 rings (SSSR count). The molecule has 0 radical (unpaired) electrons. The maximum Gasteiger partial charge on any atom is 0.223 e. The van der Waals surface area contributed by atoms with E-state index in [1.54, 1.807) is 14.1 Å². The molecule has 18 heavy (non-hydrogen) atoms. The Hall–Kier alpha value is -1.69. The number of nitrogens with zero attached hydrogens (tertiary/aromatic N) is 1. The van der Waals surface area contributed by atoms with Crippen molar-refractivity contribution in [3.8, 4) is 5.75 Å². The van der Waals surface area contributed by atoms with Crippen LogP contribution in [0.3, 0.4) is 0 Å². The third-order valence-electron chi connectivity index (χ3n) is 2.42. The molecule has 1 aromatic carbocycles. The van der Waals surface area contributed by atoms with E-state index in [9.17, 15) is 13.6 Å². The molecule has 2 N–H and O–H groups in total. The lowest BCUT2D eigenvalue weighted by Crippen LogP contribution is -2.26. The highest BCUT2D eigenvalue weighted by atomic mass is 19.1.